The highest BCUT2D eigenvalue weighted by molar-refractivity contribution is 5.85. The van der Waals surface area contributed by atoms with E-state index in [1.165, 1.54) is 12.1 Å². The van der Waals surface area contributed by atoms with Gasteiger partial charge in [0, 0.05) is 31.7 Å². The van der Waals surface area contributed by atoms with Crippen molar-refractivity contribution in [3.63, 3.8) is 0 Å². The molecule has 0 N–H and O–H groups in total. The number of ether oxygens (including phenoxy) is 1. The molecule has 2 aliphatic rings. The molecule has 2 heterocycles. The number of halogens is 3. The molecule has 0 amide bonds. The Hall–Kier alpha value is -2.68. The average molecular weight is 418 g/mol. The molecule has 2 aliphatic carbocycles. The van der Waals surface area contributed by atoms with E-state index in [-0.39, 0.29) is 11.4 Å². The molecular weight excluding hydrogens is 395 g/mol. The molecule has 5 rings (SSSR count). The Morgan fingerprint density at radius 2 is 1.73 bits per heavy atom. The normalized spacial score (nSPS) is 17.2. The van der Waals surface area contributed by atoms with Crippen LogP contribution in [0.15, 0.2) is 18.2 Å². The molecule has 30 heavy (non-hydrogen) atoms. The van der Waals surface area contributed by atoms with Crippen molar-refractivity contribution in [1.29, 1.82) is 0 Å². The lowest BCUT2D eigenvalue weighted by atomic mass is 10.2. The van der Waals surface area contributed by atoms with Gasteiger partial charge in [-0.15, -0.1) is 0 Å². The maximum absolute atomic E-state index is 14.9. The second-order valence-corrected chi connectivity index (χ2v) is 8.36. The minimum absolute atomic E-state index is 0.188. The summed E-state index contributed by atoms with van der Waals surface area (Å²) in [6.45, 7) is 0.599. The molecule has 0 unspecified atom stereocenters. The monoisotopic (exact) mass is 418 g/mol. The molecule has 0 bridgehead atoms. The first-order chi connectivity index (χ1) is 14.3. The van der Waals surface area contributed by atoms with Crippen molar-refractivity contribution >= 4 is 17.0 Å². The summed E-state index contributed by atoms with van der Waals surface area (Å²) in [6, 6.07) is 4.75. The van der Waals surface area contributed by atoms with Crippen LogP contribution in [0.4, 0.5) is 19.0 Å². The Labute approximate surface area is 171 Å². The lowest BCUT2D eigenvalue weighted by molar-refractivity contribution is -0.0499. The van der Waals surface area contributed by atoms with Gasteiger partial charge < -0.3 is 4.74 Å². The molecule has 1 aromatic carbocycles. The predicted octanol–water partition coefficient (Wildman–Crippen LogP) is 4.43. The number of nitrogens with zero attached hydrogens (tertiary/aromatic N) is 5. The van der Waals surface area contributed by atoms with Crippen LogP contribution in [0, 0.1) is 19.7 Å². The highest BCUT2D eigenvalue weighted by Crippen LogP contribution is 2.47. The SMILES string of the molecule is Cc1nc([N+](C)(C2CC2)C2CC2)c2nc(C)n(-c3ccc(OC(F)F)cc3F)c2n1. The minimum Gasteiger partial charge on any atom is -0.435 e. The summed E-state index contributed by atoms with van der Waals surface area (Å²) in [7, 11) is 2.22. The smallest absolute Gasteiger partial charge is 0.387 e. The Morgan fingerprint density at radius 3 is 2.30 bits per heavy atom. The molecule has 3 aromatic rings. The van der Waals surface area contributed by atoms with Crippen LogP contribution in [0.1, 0.15) is 37.3 Å². The molecule has 0 atom stereocenters. The molecule has 0 aliphatic heterocycles. The highest BCUT2D eigenvalue weighted by Gasteiger charge is 2.55. The van der Waals surface area contributed by atoms with E-state index in [9.17, 15) is 13.2 Å². The van der Waals surface area contributed by atoms with Crippen molar-refractivity contribution in [2.45, 2.75) is 58.2 Å². The summed E-state index contributed by atoms with van der Waals surface area (Å²) in [6.07, 6.45) is 4.66. The first kappa shape index (κ1) is 19.3. The molecule has 2 saturated carbocycles. The molecule has 158 valence electrons. The molecule has 6 nitrogen and oxygen atoms in total. The number of aryl methyl sites for hydroxylation is 2. The lowest BCUT2D eigenvalue weighted by Gasteiger charge is -2.33. The fourth-order valence-corrected chi connectivity index (χ4v) is 4.49. The Kier molecular flexibility index (Phi) is 4.29. The highest BCUT2D eigenvalue weighted by atomic mass is 19.3. The Morgan fingerprint density at radius 1 is 1.07 bits per heavy atom. The van der Waals surface area contributed by atoms with Crippen molar-refractivity contribution in [2.75, 3.05) is 7.05 Å². The van der Waals surface area contributed by atoms with Crippen molar-refractivity contribution in [2.24, 2.45) is 0 Å². The van der Waals surface area contributed by atoms with Gasteiger partial charge in [-0.05, 0) is 26.0 Å². The van der Waals surface area contributed by atoms with Crippen molar-refractivity contribution in [3.8, 4) is 11.4 Å². The Bertz CT molecular complexity index is 1130. The van der Waals surface area contributed by atoms with Crippen LogP contribution in [-0.4, -0.2) is 45.3 Å². The number of hydrogen-bond donors (Lipinski definition) is 0. The second-order valence-electron chi connectivity index (χ2n) is 8.36. The molecule has 0 radical (unpaired) electrons. The standard InChI is InChI=1S/C21H23F3N5O/c1-11-25-19-18(20(26-11)29(3,13-4-5-13)14-6-7-14)27-12(2)28(19)17-9-8-15(10-16(17)22)30-21(23)24/h8-10,13-14,21H,4-7H2,1-3H3/q+1. The zero-order valence-corrected chi connectivity index (χ0v) is 17.1. The van der Waals surface area contributed by atoms with E-state index in [1.807, 2.05) is 6.92 Å². The van der Waals surface area contributed by atoms with E-state index >= 15 is 0 Å². The van der Waals surface area contributed by atoms with E-state index in [0.29, 0.717) is 34.9 Å². The number of hydrogen-bond acceptors (Lipinski definition) is 4. The van der Waals surface area contributed by atoms with Crippen LogP contribution in [0.25, 0.3) is 16.9 Å². The van der Waals surface area contributed by atoms with Gasteiger partial charge in [-0.25, -0.2) is 14.4 Å². The number of aromatic nitrogens is 4. The third-order valence-electron chi connectivity index (χ3n) is 6.22. The number of imidazole rings is 1. The Balaban J connectivity index is 1.68. The molecule has 0 saturated heterocycles. The van der Waals surface area contributed by atoms with E-state index < -0.39 is 12.4 Å². The zero-order chi connectivity index (χ0) is 21.2. The van der Waals surface area contributed by atoms with Crippen molar-refractivity contribution in [3.05, 3.63) is 35.7 Å². The number of benzene rings is 1. The third kappa shape index (κ3) is 3.03. The molecule has 2 fully saturated rings. The van der Waals surface area contributed by atoms with Crippen LogP contribution in [0.3, 0.4) is 0 Å². The van der Waals surface area contributed by atoms with Crippen molar-refractivity contribution in [1.82, 2.24) is 24.0 Å². The summed E-state index contributed by atoms with van der Waals surface area (Å²) in [5.41, 5.74) is 1.39. The van der Waals surface area contributed by atoms with E-state index in [4.69, 9.17) is 9.97 Å². The average Bonchev–Trinajstić information content (AvgIpc) is 3.57. The van der Waals surface area contributed by atoms with Crippen molar-refractivity contribution < 1.29 is 17.9 Å². The van der Waals surface area contributed by atoms with Crippen LogP contribution in [-0.2, 0) is 0 Å². The maximum atomic E-state index is 14.9. The van der Waals surface area contributed by atoms with Crippen LogP contribution >= 0.6 is 0 Å². The number of quaternary nitrogens is 1. The van der Waals surface area contributed by atoms with E-state index in [2.05, 4.69) is 16.8 Å². The number of fused-ring (bicyclic) bond motifs is 1. The summed E-state index contributed by atoms with van der Waals surface area (Å²) in [5, 5.41) is 0. The van der Waals surface area contributed by atoms with Gasteiger partial charge in [0.05, 0.1) is 24.8 Å². The van der Waals surface area contributed by atoms with Gasteiger partial charge in [-0.1, -0.05) is 0 Å². The van der Waals surface area contributed by atoms with Gasteiger partial charge >= 0.3 is 6.61 Å². The molecule has 9 heteroatoms. The number of alkyl halides is 2. The van der Waals surface area contributed by atoms with E-state index in [0.717, 1.165) is 42.1 Å². The van der Waals surface area contributed by atoms with Gasteiger partial charge in [0.15, 0.2) is 17.0 Å². The largest absolute Gasteiger partial charge is 0.435 e. The number of rotatable bonds is 6. The quantitative estimate of drug-likeness (QED) is 0.556. The third-order valence-corrected chi connectivity index (χ3v) is 6.22. The summed E-state index contributed by atoms with van der Waals surface area (Å²) in [5.74, 6) is 1.14. The lowest BCUT2D eigenvalue weighted by Crippen LogP contribution is -2.50. The fourth-order valence-electron chi connectivity index (χ4n) is 4.49. The predicted molar refractivity (Wildman–Crippen MR) is 106 cm³/mol. The van der Waals surface area contributed by atoms with Gasteiger partial charge in [-0.3, -0.25) is 9.05 Å². The van der Waals surface area contributed by atoms with Crippen LogP contribution < -0.4 is 9.22 Å². The fraction of sp³-hybridized carbons (Fsp3) is 0.476. The van der Waals surface area contributed by atoms with Gasteiger partial charge in [0.25, 0.3) is 5.82 Å². The second kappa shape index (κ2) is 6.66. The van der Waals surface area contributed by atoms with Crippen LogP contribution in [0.2, 0.25) is 0 Å². The first-order valence-corrected chi connectivity index (χ1v) is 10.1. The molecular formula is C21H23F3N5O+. The summed E-state index contributed by atoms with van der Waals surface area (Å²) in [4.78, 5) is 14.1. The van der Waals surface area contributed by atoms with Gasteiger partial charge in [0.2, 0.25) is 0 Å². The topological polar surface area (TPSA) is 52.8 Å². The van der Waals surface area contributed by atoms with Gasteiger partial charge in [0.1, 0.15) is 17.4 Å². The summed E-state index contributed by atoms with van der Waals surface area (Å²) >= 11 is 0. The van der Waals surface area contributed by atoms with Crippen LogP contribution in [0.5, 0.6) is 5.75 Å². The first-order valence-electron chi connectivity index (χ1n) is 10.1. The molecule has 0 spiro atoms. The molecule has 2 aromatic heterocycles. The minimum atomic E-state index is -3.01. The van der Waals surface area contributed by atoms with E-state index in [1.54, 1.807) is 11.5 Å². The summed E-state index contributed by atoms with van der Waals surface area (Å²) < 4.78 is 46.5. The zero-order valence-electron chi connectivity index (χ0n) is 17.1. The van der Waals surface area contributed by atoms with Gasteiger partial charge in [-0.2, -0.15) is 13.8 Å². The maximum Gasteiger partial charge on any atom is 0.387 e.